The molecule has 1 unspecified atom stereocenters. The average Bonchev–Trinajstić information content (AvgIpc) is 3.10. The van der Waals surface area contributed by atoms with Gasteiger partial charge in [-0.3, -0.25) is 4.90 Å². The number of hydrogen-bond acceptors (Lipinski definition) is 5. The van der Waals surface area contributed by atoms with Crippen molar-refractivity contribution in [2.24, 2.45) is 5.92 Å². The van der Waals surface area contributed by atoms with Crippen molar-refractivity contribution in [1.82, 2.24) is 30.4 Å². The second-order valence-corrected chi connectivity index (χ2v) is 6.33. The maximum Gasteiger partial charge on any atom is 0.173 e. The molecule has 1 aliphatic rings. The van der Waals surface area contributed by atoms with Gasteiger partial charge in [0.05, 0.1) is 11.7 Å². The van der Waals surface area contributed by atoms with Crippen LogP contribution >= 0.6 is 12.4 Å². The second-order valence-electron chi connectivity index (χ2n) is 6.33. The van der Waals surface area contributed by atoms with E-state index in [0.717, 1.165) is 37.1 Å². The van der Waals surface area contributed by atoms with Crippen LogP contribution in [0.25, 0.3) is 5.69 Å². The summed E-state index contributed by atoms with van der Waals surface area (Å²) in [5.41, 5.74) is 1.02. The van der Waals surface area contributed by atoms with Crippen molar-refractivity contribution in [2.45, 2.75) is 32.2 Å². The molecule has 1 aliphatic heterocycles. The van der Waals surface area contributed by atoms with Crippen LogP contribution in [-0.2, 0) is 0 Å². The largest absolute Gasteiger partial charge is 0.320 e. The summed E-state index contributed by atoms with van der Waals surface area (Å²) >= 11 is 0. The number of aromatic nitrogens is 4. The fraction of sp³-hybridized carbons (Fsp3) is 0.588. The first-order valence-electron chi connectivity index (χ1n) is 8.52. The van der Waals surface area contributed by atoms with E-state index in [1.165, 1.54) is 19.3 Å². The normalized spacial score (nSPS) is 17.4. The minimum absolute atomic E-state index is 0. The highest BCUT2D eigenvalue weighted by molar-refractivity contribution is 5.85. The minimum atomic E-state index is 0. The number of halogens is 1. The number of hydrogen-bond donors (Lipinski definition) is 1. The molecule has 7 heteroatoms. The van der Waals surface area contributed by atoms with E-state index in [4.69, 9.17) is 0 Å². The van der Waals surface area contributed by atoms with E-state index in [1.807, 2.05) is 42.1 Å². The van der Waals surface area contributed by atoms with E-state index in [1.54, 1.807) is 0 Å². The van der Waals surface area contributed by atoms with Crippen LogP contribution < -0.4 is 5.32 Å². The van der Waals surface area contributed by atoms with Gasteiger partial charge in [0.1, 0.15) is 0 Å². The number of benzene rings is 1. The third-order valence-corrected chi connectivity index (χ3v) is 4.87. The Bertz CT molecular complexity index is 594. The van der Waals surface area contributed by atoms with E-state index in [9.17, 15) is 0 Å². The smallest absolute Gasteiger partial charge is 0.173 e. The highest BCUT2D eigenvalue weighted by Gasteiger charge is 2.26. The molecule has 24 heavy (non-hydrogen) atoms. The summed E-state index contributed by atoms with van der Waals surface area (Å²) in [4.78, 5) is 2.50. The summed E-state index contributed by atoms with van der Waals surface area (Å²) < 4.78 is 1.86. The van der Waals surface area contributed by atoms with Gasteiger partial charge in [-0.1, -0.05) is 18.2 Å². The first-order chi connectivity index (χ1) is 11.3. The third-order valence-electron chi connectivity index (χ3n) is 4.87. The molecule has 1 atom stereocenters. The molecule has 1 fully saturated rings. The number of rotatable bonds is 6. The van der Waals surface area contributed by atoms with Gasteiger partial charge < -0.3 is 5.32 Å². The Balaban J connectivity index is 0.00000208. The van der Waals surface area contributed by atoms with Crippen molar-refractivity contribution in [2.75, 3.05) is 26.7 Å². The fourth-order valence-corrected chi connectivity index (χ4v) is 3.35. The van der Waals surface area contributed by atoms with E-state index >= 15 is 0 Å². The van der Waals surface area contributed by atoms with E-state index in [2.05, 4.69) is 32.7 Å². The molecule has 1 aromatic carbocycles. The third kappa shape index (κ3) is 4.32. The number of nitrogens with zero attached hydrogens (tertiary/aromatic N) is 5. The molecule has 0 aliphatic carbocycles. The van der Waals surface area contributed by atoms with Crippen LogP contribution in [0.4, 0.5) is 0 Å². The summed E-state index contributed by atoms with van der Waals surface area (Å²) in [5.74, 6) is 1.76. The number of piperidine rings is 1. The molecule has 0 bridgehead atoms. The van der Waals surface area contributed by atoms with Crippen molar-refractivity contribution < 1.29 is 0 Å². The highest BCUT2D eigenvalue weighted by Crippen LogP contribution is 2.27. The van der Waals surface area contributed by atoms with Crippen LogP contribution in [-0.4, -0.2) is 51.8 Å². The zero-order valence-corrected chi connectivity index (χ0v) is 15.2. The van der Waals surface area contributed by atoms with Gasteiger partial charge in [0, 0.05) is 0 Å². The van der Waals surface area contributed by atoms with Gasteiger partial charge in [-0.2, -0.15) is 4.68 Å². The van der Waals surface area contributed by atoms with Crippen LogP contribution in [0.15, 0.2) is 30.3 Å². The second kappa shape index (κ2) is 9.11. The lowest BCUT2D eigenvalue weighted by molar-refractivity contribution is 0.132. The maximum absolute atomic E-state index is 4.29. The molecule has 0 radical (unpaired) electrons. The van der Waals surface area contributed by atoms with Crippen LogP contribution in [0, 0.1) is 5.92 Å². The summed E-state index contributed by atoms with van der Waals surface area (Å²) in [5, 5.41) is 15.6. The summed E-state index contributed by atoms with van der Waals surface area (Å²) in [6.07, 6.45) is 3.80. The molecule has 132 valence electrons. The van der Waals surface area contributed by atoms with Gasteiger partial charge in [0.25, 0.3) is 0 Å². The average molecular weight is 351 g/mol. The summed E-state index contributed by atoms with van der Waals surface area (Å²) in [7, 11) is 2.03. The predicted octanol–water partition coefficient (Wildman–Crippen LogP) is 2.47. The van der Waals surface area contributed by atoms with Crippen molar-refractivity contribution in [3.05, 3.63) is 36.2 Å². The van der Waals surface area contributed by atoms with Crippen molar-refractivity contribution >= 4 is 12.4 Å². The zero-order valence-electron chi connectivity index (χ0n) is 14.4. The lowest BCUT2D eigenvalue weighted by Gasteiger charge is -2.35. The predicted molar refractivity (Wildman–Crippen MR) is 97.7 cm³/mol. The van der Waals surface area contributed by atoms with Gasteiger partial charge in [0.15, 0.2) is 5.82 Å². The van der Waals surface area contributed by atoms with Crippen LogP contribution in [0.5, 0.6) is 0 Å². The molecule has 2 aromatic rings. The summed E-state index contributed by atoms with van der Waals surface area (Å²) in [6.45, 7) is 5.57. The molecule has 1 saturated heterocycles. The maximum atomic E-state index is 4.29. The lowest BCUT2D eigenvalue weighted by atomic mass is 9.93. The minimum Gasteiger partial charge on any atom is -0.320 e. The zero-order chi connectivity index (χ0) is 16.1. The molecular formula is C17H27ClN6. The quantitative estimate of drug-likeness (QED) is 0.867. The summed E-state index contributed by atoms with van der Waals surface area (Å²) in [6, 6.07) is 10.3. The molecular weight excluding hydrogens is 324 g/mol. The van der Waals surface area contributed by atoms with E-state index < -0.39 is 0 Å². The van der Waals surface area contributed by atoms with E-state index in [-0.39, 0.29) is 18.4 Å². The first kappa shape index (κ1) is 18.8. The number of tetrazole rings is 1. The van der Waals surface area contributed by atoms with Gasteiger partial charge in [-0.25, -0.2) is 0 Å². The van der Waals surface area contributed by atoms with Crippen LogP contribution in [0.3, 0.4) is 0 Å². The Hall–Kier alpha value is -1.50. The molecule has 0 amide bonds. The topological polar surface area (TPSA) is 58.9 Å². The molecule has 2 heterocycles. The first-order valence-corrected chi connectivity index (χ1v) is 8.52. The van der Waals surface area contributed by atoms with Crippen molar-refractivity contribution in [1.29, 1.82) is 0 Å². The fourth-order valence-electron chi connectivity index (χ4n) is 3.35. The molecule has 1 N–H and O–H groups in total. The number of likely N-dealkylation sites (tertiary alicyclic amines) is 1. The lowest BCUT2D eigenvalue weighted by Crippen LogP contribution is -2.37. The van der Waals surface area contributed by atoms with Gasteiger partial charge >= 0.3 is 0 Å². The molecule has 0 spiro atoms. The number of nitrogens with one attached hydrogen (secondary N) is 1. The number of para-hydroxylation sites is 1. The molecule has 3 rings (SSSR count). The monoisotopic (exact) mass is 350 g/mol. The Morgan fingerprint density at radius 3 is 2.58 bits per heavy atom. The SMILES string of the molecule is CNCCC1CCN(C(C)c2nnnn2-c2ccccc2)CC1.Cl. The van der Waals surface area contributed by atoms with Gasteiger partial charge in [0.2, 0.25) is 0 Å². The standard InChI is InChI=1S/C17H26N6.ClH/c1-14(22-12-9-15(10-13-22)8-11-18-2)17-19-20-21-23(17)16-6-4-3-5-7-16;/h3-7,14-15,18H,8-13H2,1-2H3;1H. The Morgan fingerprint density at radius 2 is 1.92 bits per heavy atom. The molecule has 6 nitrogen and oxygen atoms in total. The van der Waals surface area contributed by atoms with Crippen LogP contribution in [0.2, 0.25) is 0 Å². The van der Waals surface area contributed by atoms with Crippen LogP contribution in [0.1, 0.15) is 38.1 Å². The molecule has 1 aromatic heterocycles. The Morgan fingerprint density at radius 1 is 1.21 bits per heavy atom. The van der Waals surface area contributed by atoms with Crippen molar-refractivity contribution in [3.8, 4) is 5.69 Å². The van der Waals surface area contributed by atoms with Gasteiger partial charge in [-0.05, 0) is 81.3 Å². The van der Waals surface area contributed by atoms with Gasteiger partial charge in [-0.15, -0.1) is 17.5 Å². The van der Waals surface area contributed by atoms with Crippen molar-refractivity contribution in [3.63, 3.8) is 0 Å². The van der Waals surface area contributed by atoms with E-state index in [0.29, 0.717) is 0 Å². The Labute approximate surface area is 150 Å². The Kier molecular flexibility index (Phi) is 7.15. The molecule has 0 saturated carbocycles. The highest BCUT2D eigenvalue weighted by atomic mass is 35.5.